The number of amides is 1. The zero-order valence-electron chi connectivity index (χ0n) is 23.2. The minimum Gasteiger partial charge on any atom is -0.480 e. The number of carbonyl (C=O) groups excluding carboxylic acids is 1. The summed E-state index contributed by atoms with van der Waals surface area (Å²) in [4.78, 5) is 51.8. The summed E-state index contributed by atoms with van der Waals surface area (Å²) in [5.74, 6) is -1.10. The molecule has 0 aliphatic carbocycles. The lowest BCUT2D eigenvalue weighted by molar-refractivity contribution is -0.139. The fourth-order valence-electron chi connectivity index (χ4n) is 4.94. The lowest BCUT2D eigenvalue weighted by atomic mass is 10.0. The predicted octanol–water partition coefficient (Wildman–Crippen LogP) is 1.37. The van der Waals surface area contributed by atoms with Gasteiger partial charge in [0.15, 0.2) is 11.2 Å². The number of benzene rings is 1. The van der Waals surface area contributed by atoms with Crippen molar-refractivity contribution in [2.24, 2.45) is 0 Å². The quantitative estimate of drug-likeness (QED) is 0.149. The molecule has 1 aliphatic heterocycles. The van der Waals surface area contributed by atoms with Gasteiger partial charge in [-0.25, -0.2) is 14.6 Å². The van der Waals surface area contributed by atoms with Gasteiger partial charge in [-0.15, -0.1) is 0 Å². The number of fused-ring (bicyclic) bond motifs is 2. The van der Waals surface area contributed by atoms with Crippen LogP contribution in [0.3, 0.4) is 0 Å². The van der Waals surface area contributed by atoms with Crippen molar-refractivity contribution in [1.29, 1.82) is 0 Å². The maximum absolute atomic E-state index is 12.8. The number of hydrogen-bond donors (Lipinski definition) is 7. The van der Waals surface area contributed by atoms with Crippen LogP contribution in [-0.4, -0.2) is 82.3 Å². The van der Waals surface area contributed by atoms with E-state index in [2.05, 4.69) is 30.6 Å². The fraction of sp³-hybridized carbons (Fsp3) is 0.444. The van der Waals surface area contributed by atoms with Gasteiger partial charge in [0.2, 0.25) is 5.95 Å². The summed E-state index contributed by atoms with van der Waals surface area (Å²) >= 11 is 0. The average molecular weight is 584 g/mol. The van der Waals surface area contributed by atoms with Crippen molar-refractivity contribution < 1.29 is 34.4 Å². The second-order valence-electron chi connectivity index (χ2n) is 11.1. The summed E-state index contributed by atoms with van der Waals surface area (Å²) < 4.78 is 12.5. The molecule has 1 fully saturated rings. The van der Waals surface area contributed by atoms with Gasteiger partial charge >= 0.3 is 12.1 Å². The number of alkyl carbamates (subject to hydrolysis) is 1. The van der Waals surface area contributed by atoms with Gasteiger partial charge in [-0.1, -0.05) is 18.2 Å². The number of carboxylic acids is 1. The lowest BCUT2D eigenvalue weighted by Crippen LogP contribution is -2.44. The number of ether oxygens (including phenoxy) is 2. The second kappa shape index (κ2) is 11.4. The Morgan fingerprint density at radius 2 is 2.02 bits per heavy atom. The Labute approximate surface area is 238 Å². The van der Waals surface area contributed by atoms with Gasteiger partial charge in [-0.3, -0.25) is 14.3 Å². The van der Waals surface area contributed by atoms with E-state index in [1.165, 1.54) is 10.9 Å². The molecule has 15 heteroatoms. The molecule has 1 amide bonds. The molecule has 0 radical (unpaired) electrons. The molecule has 42 heavy (non-hydrogen) atoms. The molecular formula is C27H33N7O8. The van der Waals surface area contributed by atoms with Crippen LogP contribution < -0.4 is 16.2 Å². The highest BCUT2D eigenvalue weighted by molar-refractivity contribution is 5.87. The van der Waals surface area contributed by atoms with Gasteiger partial charge in [0.05, 0.1) is 25.6 Å². The fourth-order valence-corrected chi connectivity index (χ4v) is 4.94. The van der Waals surface area contributed by atoms with E-state index in [1.54, 1.807) is 20.8 Å². The number of para-hydroxylation sites is 1. The highest BCUT2D eigenvalue weighted by Crippen LogP contribution is 2.30. The Balaban J connectivity index is 1.41. The summed E-state index contributed by atoms with van der Waals surface area (Å²) in [6.45, 7) is 4.82. The van der Waals surface area contributed by atoms with Crippen LogP contribution >= 0.6 is 0 Å². The van der Waals surface area contributed by atoms with Gasteiger partial charge < -0.3 is 40.4 Å². The second-order valence-corrected chi connectivity index (χ2v) is 11.1. The number of carbonyl (C=O) groups is 2. The zero-order valence-corrected chi connectivity index (χ0v) is 23.2. The van der Waals surface area contributed by atoms with Gasteiger partial charge in [-0.2, -0.15) is 4.98 Å². The van der Waals surface area contributed by atoms with Crippen LogP contribution in [0.5, 0.6) is 0 Å². The smallest absolute Gasteiger partial charge is 0.408 e. The number of aromatic nitrogens is 5. The number of rotatable bonds is 9. The summed E-state index contributed by atoms with van der Waals surface area (Å²) in [5, 5.41) is 35.7. The van der Waals surface area contributed by atoms with Gasteiger partial charge in [0.25, 0.3) is 5.56 Å². The largest absolute Gasteiger partial charge is 0.480 e. The molecule has 1 aromatic carbocycles. The number of aliphatic carboxylic acids is 1. The van der Waals surface area contributed by atoms with Crippen molar-refractivity contribution in [3.05, 3.63) is 52.2 Å². The highest BCUT2D eigenvalue weighted by atomic mass is 16.6. The molecule has 0 unspecified atom stereocenters. The maximum atomic E-state index is 12.8. The summed E-state index contributed by atoms with van der Waals surface area (Å²) in [7, 11) is 0. The molecular weight excluding hydrogens is 550 g/mol. The van der Waals surface area contributed by atoms with Gasteiger partial charge in [0.1, 0.15) is 24.0 Å². The molecule has 1 aliphatic rings. The predicted molar refractivity (Wildman–Crippen MR) is 150 cm³/mol. The molecule has 0 bridgehead atoms. The zero-order chi connectivity index (χ0) is 30.2. The SMILES string of the molecule is CC(C)(C)OC(=O)N[C@@H](Cc1c(CNc2nc3c(ncn3[C@H]3C[C@H](O)[C@@H](CO)O3)c(=O)[nH]2)[nH]c2ccccc12)C(=O)O. The minimum atomic E-state index is -1.27. The first kappa shape index (κ1) is 29.0. The number of aromatic amines is 2. The topological polar surface area (TPSA) is 217 Å². The lowest BCUT2D eigenvalue weighted by Gasteiger charge is -2.22. The Morgan fingerprint density at radius 3 is 2.71 bits per heavy atom. The number of nitrogens with one attached hydrogen (secondary N) is 4. The van der Waals surface area contributed by atoms with E-state index in [-0.39, 0.29) is 43.1 Å². The number of anilines is 1. The van der Waals surface area contributed by atoms with Crippen molar-refractivity contribution in [3.8, 4) is 0 Å². The van der Waals surface area contributed by atoms with Crippen LogP contribution in [-0.2, 0) is 27.2 Å². The number of aliphatic hydroxyl groups is 2. The number of hydrogen-bond acceptors (Lipinski definition) is 10. The number of aliphatic hydroxyl groups excluding tert-OH is 2. The van der Waals surface area contributed by atoms with Crippen LogP contribution in [0.1, 0.15) is 44.7 Å². The van der Waals surface area contributed by atoms with E-state index in [9.17, 15) is 29.7 Å². The monoisotopic (exact) mass is 583 g/mol. The Hall–Kier alpha value is -4.47. The Kier molecular flexibility index (Phi) is 7.90. The van der Waals surface area contributed by atoms with Crippen molar-refractivity contribution in [2.45, 2.75) is 70.2 Å². The maximum Gasteiger partial charge on any atom is 0.408 e. The summed E-state index contributed by atoms with van der Waals surface area (Å²) in [5.41, 5.74) is 1.04. The normalized spacial score (nSPS) is 19.7. The molecule has 4 aromatic rings. The first-order valence-corrected chi connectivity index (χ1v) is 13.4. The molecule has 4 atom stereocenters. The summed E-state index contributed by atoms with van der Waals surface area (Å²) in [6.07, 6.45) is -1.61. The van der Waals surface area contributed by atoms with Gasteiger partial charge in [0, 0.05) is 29.4 Å². The van der Waals surface area contributed by atoms with E-state index >= 15 is 0 Å². The standard InChI is InChI=1S/C27H33N7O8/c1-27(2,3)42-26(40)31-16(24(38)39)8-14-13-6-4-5-7-15(13)30-17(14)10-28-25-32-22-21(23(37)33-25)29-12-34(22)20-9-18(36)19(11-35)41-20/h4-7,12,16,18-20,30,35-36H,8-11H2,1-3H3,(H,31,40)(H,38,39)(H2,28,32,33,37)/t16-,18-,19+,20+/m0/s1. The minimum absolute atomic E-state index is 0.0429. The van der Waals surface area contributed by atoms with Crippen LogP contribution in [0.25, 0.3) is 22.1 Å². The van der Waals surface area contributed by atoms with Crippen LogP contribution in [0.4, 0.5) is 10.7 Å². The molecule has 0 saturated carbocycles. The Bertz CT molecular complexity index is 1670. The average Bonchev–Trinajstić information content (AvgIpc) is 3.61. The third-order valence-electron chi connectivity index (χ3n) is 6.86. The molecule has 5 rings (SSSR count). The third-order valence-corrected chi connectivity index (χ3v) is 6.86. The molecule has 224 valence electrons. The van der Waals surface area contributed by atoms with Crippen molar-refractivity contribution in [1.82, 2.24) is 29.8 Å². The number of H-pyrrole nitrogens is 2. The van der Waals surface area contributed by atoms with E-state index in [1.807, 2.05) is 24.3 Å². The number of carboxylic acid groups (broad SMARTS) is 1. The highest BCUT2D eigenvalue weighted by Gasteiger charge is 2.35. The molecule has 4 heterocycles. The van der Waals surface area contributed by atoms with E-state index < -0.39 is 47.7 Å². The van der Waals surface area contributed by atoms with E-state index in [0.717, 1.165) is 10.9 Å². The molecule has 7 N–H and O–H groups in total. The van der Waals surface area contributed by atoms with Crippen LogP contribution in [0, 0.1) is 0 Å². The molecule has 0 spiro atoms. The van der Waals surface area contributed by atoms with Crippen LogP contribution in [0.2, 0.25) is 0 Å². The first-order valence-electron chi connectivity index (χ1n) is 13.4. The van der Waals surface area contributed by atoms with Crippen molar-refractivity contribution >= 4 is 40.1 Å². The van der Waals surface area contributed by atoms with E-state index in [0.29, 0.717) is 11.3 Å². The number of imidazole rings is 1. The molecule has 15 nitrogen and oxygen atoms in total. The van der Waals surface area contributed by atoms with Gasteiger partial charge in [-0.05, 0) is 32.4 Å². The first-order chi connectivity index (χ1) is 19.9. The van der Waals surface area contributed by atoms with Crippen molar-refractivity contribution in [3.63, 3.8) is 0 Å². The van der Waals surface area contributed by atoms with E-state index in [4.69, 9.17) is 9.47 Å². The molecule has 1 saturated heterocycles. The van der Waals surface area contributed by atoms with Crippen LogP contribution in [0.15, 0.2) is 35.4 Å². The number of nitrogens with zero attached hydrogens (tertiary/aromatic N) is 3. The van der Waals surface area contributed by atoms with Crippen molar-refractivity contribution in [2.75, 3.05) is 11.9 Å². The summed E-state index contributed by atoms with van der Waals surface area (Å²) in [6, 6.07) is 6.08. The third kappa shape index (κ3) is 6.07. The Morgan fingerprint density at radius 1 is 1.26 bits per heavy atom. The molecule has 3 aromatic heterocycles.